The van der Waals surface area contributed by atoms with E-state index in [-0.39, 0.29) is 17.2 Å². The first-order valence-electron chi connectivity index (χ1n) is 11.2. The molecule has 1 aromatic carbocycles. The van der Waals surface area contributed by atoms with Crippen LogP contribution in [0.2, 0.25) is 0 Å². The molecule has 0 bridgehead atoms. The standard InChI is InChI=1S/C26H27N5O2/c1-3-23(32)30-20-11-17(6-5-16(20)2)21-12-18(7-10-28-21)22-13-19-24(31-22)26(15-29-25(19)33)8-4-9-27-14-26/h3,5-7,10-13,27,31H,1,4,8-9,14-15H2,2H3,(H,29,33)(H,30,32). The Labute approximate surface area is 192 Å². The number of pyridine rings is 1. The number of rotatable bonds is 4. The quantitative estimate of drug-likeness (QED) is 0.466. The second-order valence-electron chi connectivity index (χ2n) is 8.87. The Morgan fingerprint density at radius 3 is 2.85 bits per heavy atom. The summed E-state index contributed by atoms with van der Waals surface area (Å²) in [5, 5.41) is 9.42. The van der Waals surface area contributed by atoms with E-state index in [2.05, 4.69) is 32.5 Å². The van der Waals surface area contributed by atoms with Gasteiger partial charge >= 0.3 is 0 Å². The van der Waals surface area contributed by atoms with E-state index in [4.69, 9.17) is 0 Å². The van der Waals surface area contributed by atoms with E-state index in [9.17, 15) is 9.59 Å². The van der Waals surface area contributed by atoms with Crippen LogP contribution in [0.1, 0.15) is 34.5 Å². The van der Waals surface area contributed by atoms with Gasteiger partial charge in [0.1, 0.15) is 0 Å². The lowest BCUT2D eigenvalue weighted by Crippen LogP contribution is -2.54. The molecule has 0 radical (unpaired) electrons. The number of carbonyl (C=O) groups is 2. The predicted molar refractivity (Wildman–Crippen MR) is 129 cm³/mol. The first-order valence-corrected chi connectivity index (χ1v) is 11.2. The van der Waals surface area contributed by atoms with E-state index in [0.29, 0.717) is 6.54 Å². The number of aromatic nitrogens is 2. The van der Waals surface area contributed by atoms with Crippen molar-refractivity contribution < 1.29 is 9.59 Å². The highest BCUT2D eigenvalue weighted by molar-refractivity contribution is 6.00. The first kappa shape index (κ1) is 21.2. The molecular weight excluding hydrogens is 414 g/mol. The number of amides is 2. The maximum atomic E-state index is 12.6. The van der Waals surface area contributed by atoms with E-state index < -0.39 is 0 Å². The van der Waals surface area contributed by atoms with Crippen LogP contribution in [0.3, 0.4) is 0 Å². The van der Waals surface area contributed by atoms with Crippen molar-refractivity contribution in [2.75, 3.05) is 25.0 Å². The number of hydrogen-bond acceptors (Lipinski definition) is 4. The van der Waals surface area contributed by atoms with Crippen LogP contribution < -0.4 is 16.0 Å². The number of anilines is 1. The molecule has 168 valence electrons. The summed E-state index contributed by atoms with van der Waals surface area (Å²) >= 11 is 0. The molecule has 4 heterocycles. The third-order valence-corrected chi connectivity index (χ3v) is 6.70. The third kappa shape index (κ3) is 3.85. The monoisotopic (exact) mass is 441 g/mol. The van der Waals surface area contributed by atoms with Gasteiger partial charge < -0.3 is 20.9 Å². The van der Waals surface area contributed by atoms with Gasteiger partial charge in [-0.1, -0.05) is 18.7 Å². The fraction of sp³-hybridized carbons (Fsp3) is 0.269. The number of nitrogens with zero attached hydrogens (tertiary/aromatic N) is 1. The Kier molecular flexibility index (Phi) is 5.34. The molecule has 2 aromatic heterocycles. The molecule has 2 aliphatic heterocycles. The van der Waals surface area contributed by atoms with Crippen LogP contribution in [0.5, 0.6) is 0 Å². The zero-order valence-electron chi connectivity index (χ0n) is 18.6. The zero-order valence-corrected chi connectivity index (χ0v) is 18.6. The van der Waals surface area contributed by atoms with Gasteiger partial charge in [-0.25, -0.2) is 0 Å². The summed E-state index contributed by atoms with van der Waals surface area (Å²) in [6, 6.07) is 11.8. The van der Waals surface area contributed by atoms with Gasteiger partial charge in [-0.05, 0) is 62.2 Å². The summed E-state index contributed by atoms with van der Waals surface area (Å²) in [7, 11) is 0. The van der Waals surface area contributed by atoms with Gasteiger partial charge in [0.2, 0.25) is 5.91 Å². The molecular formula is C26H27N5O2. The number of H-pyrrole nitrogens is 1. The van der Waals surface area contributed by atoms with Gasteiger partial charge in [-0.3, -0.25) is 14.6 Å². The summed E-state index contributed by atoms with van der Waals surface area (Å²) < 4.78 is 0. The normalized spacial score (nSPS) is 19.6. The molecule has 2 amide bonds. The van der Waals surface area contributed by atoms with Crippen molar-refractivity contribution in [1.29, 1.82) is 0 Å². The summed E-state index contributed by atoms with van der Waals surface area (Å²) in [6.45, 7) is 7.97. The Bertz CT molecular complexity index is 1250. The average molecular weight is 442 g/mol. The maximum Gasteiger partial charge on any atom is 0.253 e. The van der Waals surface area contributed by atoms with Crippen molar-refractivity contribution in [2.24, 2.45) is 0 Å². The highest BCUT2D eigenvalue weighted by Gasteiger charge is 2.42. The second kappa shape index (κ2) is 8.33. The number of piperidine rings is 1. The van der Waals surface area contributed by atoms with Crippen molar-refractivity contribution >= 4 is 17.5 Å². The van der Waals surface area contributed by atoms with Crippen molar-refractivity contribution in [3.63, 3.8) is 0 Å². The molecule has 3 aromatic rings. The average Bonchev–Trinajstić information content (AvgIpc) is 3.31. The van der Waals surface area contributed by atoms with Crippen LogP contribution in [-0.2, 0) is 10.2 Å². The van der Waals surface area contributed by atoms with Gasteiger partial charge in [0.25, 0.3) is 5.91 Å². The summed E-state index contributed by atoms with van der Waals surface area (Å²) in [5.74, 6) is -0.280. The number of hydrogen-bond donors (Lipinski definition) is 4. The molecule has 0 aliphatic carbocycles. The van der Waals surface area contributed by atoms with Gasteiger partial charge in [0.05, 0.1) is 11.3 Å². The molecule has 4 N–H and O–H groups in total. The summed E-state index contributed by atoms with van der Waals surface area (Å²) in [4.78, 5) is 32.5. The van der Waals surface area contributed by atoms with Gasteiger partial charge in [-0.2, -0.15) is 0 Å². The molecule has 1 spiro atoms. The lowest BCUT2D eigenvalue weighted by molar-refractivity contribution is -0.111. The number of fused-ring (bicyclic) bond motifs is 2. The fourth-order valence-corrected chi connectivity index (χ4v) is 4.83. The Balaban J connectivity index is 1.52. The van der Waals surface area contributed by atoms with E-state index in [1.165, 1.54) is 6.08 Å². The molecule has 1 fully saturated rings. The SMILES string of the molecule is C=CC(=O)Nc1cc(-c2cc(-c3cc4c([nH]3)C3(CCCNC3)CNC4=O)ccn2)ccc1C. The summed E-state index contributed by atoms with van der Waals surface area (Å²) in [6.07, 6.45) is 5.14. The fourth-order valence-electron chi connectivity index (χ4n) is 4.83. The minimum Gasteiger partial charge on any atom is -0.357 e. The lowest BCUT2D eigenvalue weighted by Gasteiger charge is -2.40. The van der Waals surface area contributed by atoms with E-state index >= 15 is 0 Å². The van der Waals surface area contributed by atoms with Crippen LogP contribution in [0.4, 0.5) is 5.69 Å². The molecule has 1 unspecified atom stereocenters. The van der Waals surface area contributed by atoms with Crippen molar-refractivity contribution in [2.45, 2.75) is 25.2 Å². The van der Waals surface area contributed by atoms with Crippen molar-refractivity contribution in [1.82, 2.24) is 20.6 Å². The second-order valence-corrected chi connectivity index (χ2v) is 8.87. The van der Waals surface area contributed by atoms with Crippen molar-refractivity contribution in [3.05, 3.63) is 72.1 Å². The van der Waals surface area contributed by atoms with Gasteiger partial charge in [-0.15, -0.1) is 0 Å². The van der Waals surface area contributed by atoms with Gasteiger partial charge in [0.15, 0.2) is 0 Å². The first-order chi connectivity index (χ1) is 16.0. The van der Waals surface area contributed by atoms with E-state index in [0.717, 1.165) is 71.0 Å². The highest BCUT2D eigenvalue weighted by Crippen LogP contribution is 2.38. The van der Waals surface area contributed by atoms with Crippen LogP contribution in [0.25, 0.3) is 22.5 Å². The Hall–Kier alpha value is -3.71. The third-order valence-electron chi connectivity index (χ3n) is 6.70. The van der Waals surface area contributed by atoms with E-state index in [1.807, 2.05) is 43.3 Å². The maximum absolute atomic E-state index is 12.6. The zero-order chi connectivity index (χ0) is 23.0. The summed E-state index contributed by atoms with van der Waals surface area (Å²) in [5.41, 5.74) is 6.88. The molecule has 7 nitrogen and oxygen atoms in total. The molecule has 7 heteroatoms. The van der Waals surface area contributed by atoms with Crippen molar-refractivity contribution in [3.8, 4) is 22.5 Å². The van der Waals surface area contributed by atoms with E-state index in [1.54, 1.807) is 6.20 Å². The number of carbonyl (C=O) groups excluding carboxylic acids is 2. The van der Waals surface area contributed by atoms with Gasteiger partial charge in [0, 0.05) is 52.9 Å². The number of benzene rings is 1. The number of aryl methyl sites for hydroxylation is 1. The predicted octanol–water partition coefficient (Wildman–Crippen LogP) is 3.54. The Morgan fingerprint density at radius 1 is 1.18 bits per heavy atom. The molecule has 0 saturated carbocycles. The molecule has 33 heavy (non-hydrogen) atoms. The smallest absolute Gasteiger partial charge is 0.253 e. The topological polar surface area (TPSA) is 98.9 Å². The van der Waals surface area contributed by atoms with Crippen LogP contribution in [0.15, 0.2) is 55.3 Å². The molecule has 2 aliphatic rings. The molecule has 1 atom stereocenters. The number of aromatic amines is 1. The molecule has 1 saturated heterocycles. The van der Waals surface area contributed by atoms with Crippen LogP contribution in [-0.4, -0.2) is 41.4 Å². The lowest BCUT2D eigenvalue weighted by atomic mass is 9.74. The highest BCUT2D eigenvalue weighted by atomic mass is 16.2. The minimum absolute atomic E-state index is 0.0286. The minimum atomic E-state index is -0.252. The number of nitrogens with one attached hydrogen (secondary N) is 4. The largest absolute Gasteiger partial charge is 0.357 e. The Morgan fingerprint density at radius 2 is 2.06 bits per heavy atom. The van der Waals surface area contributed by atoms with Crippen LogP contribution >= 0.6 is 0 Å². The van der Waals surface area contributed by atoms with Crippen LogP contribution in [0, 0.1) is 6.92 Å². The molecule has 5 rings (SSSR count).